The Morgan fingerprint density at radius 2 is 2.33 bits per heavy atom. The maximum absolute atomic E-state index is 13.1. The molecule has 0 amide bonds. The molecule has 78 valence electrons. The minimum Gasteiger partial charge on any atom is -0.361 e. The Balaban J connectivity index is 2.08. The van der Waals surface area contributed by atoms with Gasteiger partial charge in [0, 0.05) is 17.1 Å². The largest absolute Gasteiger partial charge is 0.361 e. The number of benzene rings is 1. The van der Waals surface area contributed by atoms with E-state index < -0.39 is 0 Å². The second-order valence-corrected chi connectivity index (χ2v) is 4.44. The molecule has 0 spiro atoms. The first-order chi connectivity index (χ1) is 7.29. The van der Waals surface area contributed by atoms with Gasteiger partial charge in [0.25, 0.3) is 0 Å². The number of halogens is 1. The lowest BCUT2D eigenvalue weighted by atomic mass is 10.1. The molecule has 3 rings (SSSR count). The number of rotatable bonds is 2. The van der Waals surface area contributed by atoms with Crippen molar-refractivity contribution >= 4 is 10.9 Å². The van der Waals surface area contributed by atoms with Crippen LogP contribution in [-0.2, 0) is 0 Å². The van der Waals surface area contributed by atoms with Crippen LogP contribution >= 0.6 is 0 Å². The monoisotopic (exact) mass is 203 g/mol. The molecule has 0 bridgehead atoms. The summed E-state index contributed by atoms with van der Waals surface area (Å²) in [6, 6.07) is 4.97. The van der Waals surface area contributed by atoms with E-state index in [4.69, 9.17) is 0 Å². The Bertz CT molecular complexity index is 500. The molecule has 2 atom stereocenters. The van der Waals surface area contributed by atoms with Gasteiger partial charge in [-0.2, -0.15) is 0 Å². The summed E-state index contributed by atoms with van der Waals surface area (Å²) in [6.07, 6.45) is 4.54. The summed E-state index contributed by atoms with van der Waals surface area (Å²) in [5.41, 5.74) is 2.35. The summed E-state index contributed by atoms with van der Waals surface area (Å²) < 4.78 is 13.1. The fraction of sp³-hybridized carbons (Fsp3) is 0.385. The van der Waals surface area contributed by atoms with Crippen molar-refractivity contribution in [3.63, 3.8) is 0 Å². The third kappa shape index (κ3) is 1.36. The van der Waals surface area contributed by atoms with Crippen molar-refractivity contribution in [2.75, 3.05) is 0 Å². The van der Waals surface area contributed by atoms with E-state index in [2.05, 4.69) is 11.9 Å². The SMILES string of the molecule is CCC1CC1c1c[nH]c2ccc(F)cc12. The van der Waals surface area contributed by atoms with E-state index in [1.165, 1.54) is 24.5 Å². The van der Waals surface area contributed by atoms with Crippen molar-refractivity contribution in [1.29, 1.82) is 0 Å². The number of aromatic nitrogens is 1. The predicted molar refractivity (Wildman–Crippen MR) is 59.4 cm³/mol. The zero-order valence-corrected chi connectivity index (χ0v) is 8.76. The molecule has 2 heteroatoms. The number of hydrogen-bond donors (Lipinski definition) is 1. The number of H-pyrrole nitrogens is 1. The third-order valence-corrected chi connectivity index (χ3v) is 3.52. The van der Waals surface area contributed by atoms with Crippen molar-refractivity contribution in [3.8, 4) is 0 Å². The van der Waals surface area contributed by atoms with Gasteiger partial charge in [-0.1, -0.05) is 13.3 Å². The van der Waals surface area contributed by atoms with Crippen molar-refractivity contribution in [3.05, 3.63) is 35.8 Å². The van der Waals surface area contributed by atoms with Gasteiger partial charge >= 0.3 is 0 Å². The smallest absolute Gasteiger partial charge is 0.123 e. The Labute approximate surface area is 88.3 Å². The lowest BCUT2D eigenvalue weighted by Gasteiger charge is -1.97. The quantitative estimate of drug-likeness (QED) is 0.763. The highest BCUT2D eigenvalue weighted by molar-refractivity contribution is 5.84. The molecule has 0 aliphatic heterocycles. The molecule has 1 aliphatic carbocycles. The van der Waals surface area contributed by atoms with Gasteiger partial charge in [-0.25, -0.2) is 4.39 Å². The molecule has 1 nitrogen and oxygen atoms in total. The second-order valence-electron chi connectivity index (χ2n) is 4.44. The van der Waals surface area contributed by atoms with Gasteiger partial charge in [0.1, 0.15) is 5.82 Å². The van der Waals surface area contributed by atoms with Crippen molar-refractivity contribution in [2.24, 2.45) is 5.92 Å². The van der Waals surface area contributed by atoms with Crippen LogP contribution in [0.5, 0.6) is 0 Å². The highest BCUT2D eigenvalue weighted by atomic mass is 19.1. The molecule has 2 unspecified atom stereocenters. The van der Waals surface area contributed by atoms with E-state index in [0.717, 1.165) is 16.8 Å². The fourth-order valence-electron chi connectivity index (χ4n) is 2.50. The van der Waals surface area contributed by atoms with Gasteiger partial charge in [-0.05, 0) is 42.0 Å². The molecule has 1 fully saturated rings. The first-order valence-corrected chi connectivity index (χ1v) is 5.56. The van der Waals surface area contributed by atoms with Crippen LogP contribution in [0.25, 0.3) is 10.9 Å². The maximum Gasteiger partial charge on any atom is 0.123 e. The topological polar surface area (TPSA) is 15.8 Å². The van der Waals surface area contributed by atoms with Crippen LogP contribution in [0.1, 0.15) is 31.2 Å². The van der Waals surface area contributed by atoms with Crippen LogP contribution < -0.4 is 0 Å². The lowest BCUT2D eigenvalue weighted by Crippen LogP contribution is -1.81. The molecular weight excluding hydrogens is 189 g/mol. The average Bonchev–Trinajstić information content (AvgIpc) is 2.91. The minimum absolute atomic E-state index is 0.142. The van der Waals surface area contributed by atoms with E-state index in [0.29, 0.717) is 5.92 Å². The Kier molecular flexibility index (Phi) is 1.84. The molecule has 1 aromatic heterocycles. The van der Waals surface area contributed by atoms with Gasteiger partial charge in [-0.3, -0.25) is 0 Å². The average molecular weight is 203 g/mol. The van der Waals surface area contributed by atoms with E-state index in [1.807, 2.05) is 12.3 Å². The molecule has 1 aromatic carbocycles. The van der Waals surface area contributed by atoms with Gasteiger partial charge in [0.05, 0.1) is 0 Å². The number of fused-ring (bicyclic) bond motifs is 1. The lowest BCUT2D eigenvalue weighted by molar-refractivity contribution is 0.629. The zero-order valence-electron chi connectivity index (χ0n) is 8.76. The van der Waals surface area contributed by atoms with Crippen LogP contribution in [-0.4, -0.2) is 4.98 Å². The molecule has 1 N–H and O–H groups in total. The highest BCUT2D eigenvalue weighted by Crippen LogP contribution is 2.51. The van der Waals surface area contributed by atoms with Crippen molar-refractivity contribution in [2.45, 2.75) is 25.7 Å². The van der Waals surface area contributed by atoms with E-state index in [9.17, 15) is 4.39 Å². The summed E-state index contributed by atoms with van der Waals surface area (Å²) in [4.78, 5) is 3.21. The van der Waals surface area contributed by atoms with E-state index in [1.54, 1.807) is 6.07 Å². The van der Waals surface area contributed by atoms with Gasteiger partial charge < -0.3 is 4.98 Å². The van der Waals surface area contributed by atoms with Gasteiger partial charge in [0.15, 0.2) is 0 Å². The van der Waals surface area contributed by atoms with Crippen LogP contribution in [0.15, 0.2) is 24.4 Å². The Morgan fingerprint density at radius 1 is 1.47 bits per heavy atom. The number of nitrogens with one attached hydrogen (secondary N) is 1. The fourth-order valence-corrected chi connectivity index (χ4v) is 2.50. The molecule has 1 aliphatic rings. The van der Waals surface area contributed by atoms with Crippen LogP contribution in [0.4, 0.5) is 4.39 Å². The summed E-state index contributed by atoms with van der Waals surface area (Å²) in [7, 11) is 0. The summed E-state index contributed by atoms with van der Waals surface area (Å²) in [5, 5.41) is 1.07. The highest BCUT2D eigenvalue weighted by Gasteiger charge is 2.37. The first kappa shape index (κ1) is 8.96. The number of hydrogen-bond acceptors (Lipinski definition) is 0. The number of aromatic amines is 1. The van der Waals surface area contributed by atoms with E-state index in [-0.39, 0.29) is 5.82 Å². The minimum atomic E-state index is -0.142. The molecule has 1 heterocycles. The molecule has 2 aromatic rings. The summed E-state index contributed by atoms with van der Waals surface area (Å²) in [5.74, 6) is 1.33. The first-order valence-electron chi connectivity index (χ1n) is 5.56. The third-order valence-electron chi connectivity index (χ3n) is 3.52. The van der Waals surface area contributed by atoms with E-state index >= 15 is 0 Å². The maximum atomic E-state index is 13.1. The standard InChI is InChI=1S/C13H14FN/c1-2-8-5-10(8)12-7-15-13-4-3-9(14)6-11(12)13/h3-4,6-8,10,15H,2,5H2,1H3. The molecular formula is C13H14FN. The molecule has 0 saturated heterocycles. The van der Waals surface area contributed by atoms with Crippen molar-refractivity contribution < 1.29 is 4.39 Å². The van der Waals surface area contributed by atoms with Gasteiger partial charge in [-0.15, -0.1) is 0 Å². The summed E-state index contributed by atoms with van der Waals surface area (Å²) in [6.45, 7) is 2.22. The molecule has 15 heavy (non-hydrogen) atoms. The van der Waals surface area contributed by atoms with Crippen LogP contribution in [0.3, 0.4) is 0 Å². The predicted octanol–water partition coefficient (Wildman–Crippen LogP) is 3.82. The molecule has 1 saturated carbocycles. The van der Waals surface area contributed by atoms with Gasteiger partial charge in [0.2, 0.25) is 0 Å². The van der Waals surface area contributed by atoms with Crippen molar-refractivity contribution in [1.82, 2.24) is 4.98 Å². The normalized spacial score (nSPS) is 24.7. The Morgan fingerprint density at radius 3 is 3.07 bits per heavy atom. The Hall–Kier alpha value is -1.31. The van der Waals surface area contributed by atoms with Crippen LogP contribution in [0, 0.1) is 11.7 Å². The summed E-state index contributed by atoms with van der Waals surface area (Å²) >= 11 is 0. The molecule has 0 radical (unpaired) electrons. The second kappa shape index (κ2) is 3.09. The van der Waals surface area contributed by atoms with Crippen LogP contribution in [0.2, 0.25) is 0 Å². The zero-order chi connectivity index (χ0) is 10.4.